The first-order chi connectivity index (χ1) is 19.4. The summed E-state index contributed by atoms with van der Waals surface area (Å²) in [6.07, 6.45) is -1.14. The van der Waals surface area contributed by atoms with Crippen molar-refractivity contribution in [1.29, 1.82) is 0 Å². The number of ether oxygens (including phenoxy) is 2. The molecule has 0 fully saturated rings. The Hall–Kier alpha value is -4.36. The number of nitrogens with one attached hydrogen (secondary N) is 1. The number of esters is 1. The first kappa shape index (κ1) is 28.6. The second-order valence-corrected chi connectivity index (χ2v) is 10.4. The molecule has 0 radical (unpaired) electrons. The number of ketones is 1. The zero-order valence-corrected chi connectivity index (χ0v) is 23.3. The van der Waals surface area contributed by atoms with Gasteiger partial charge in [0.15, 0.2) is 6.10 Å². The lowest BCUT2D eigenvalue weighted by molar-refractivity contribution is -0.147. The number of benzene rings is 4. The fourth-order valence-electron chi connectivity index (χ4n) is 3.79. The van der Waals surface area contributed by atoms with Crippen LogP contribution in [0.25, 0.3) is 0 Å². The smallest absolute Gasteiger partial charge is 0.307 e. The Morgan fingerprint density at radius 2 is 1.40 bits per heavy atom. The molecule has 0 spiro atoms. The third-order valence-electron chi connectivity index (χ3n) is 6.02. The molecule has 0 aliphatic heterocycles. The summed E-state index contributed by atoms with van der Waals surface area (Å²) in [5, 5.41) is 2.79. The number of aryl methyl sites for hydroxylation is 1. The van der Waals surface area contributed by atoms with Gasteiger partial charge >= 0.3 is 5.97 Å². The predicted octanol–water partition coefficient (Wildman–Crippen LogP) is 7.26. The Morgan fingerprint density at radius 1 is 0.775 bits per heavy atom. The number of carbonyl (C=O) groups excluding carboxylic acids is 3. The van der Waals surface area contributed by atoms with Crippen LogP contribution in [0.15, 0.2) is 113 Å². The summed E-state index contributed by atoms with van der Waals surface area (Å²) in [6.45, 7) is 4.00. The zero-order valence-electron chi connectivity index (χ0n) is 22.5. The lowest BCUT2D eigenvalue weighted by Crippen LogP contribution is -2.25. The SMILES string of the molecule is Cc1ccc(Sc2ccc(NC(=O)CCC(=O)OC(C)C(=O)c3ccc(OCc4ccccc4)cc3)cc2)cc1. The lowest BCUT2D eigenvalue weighted by Gasteiger charge is -2.13. The highest BCUT2D eigenvalue weighted by Crippen LogP contribution is 2.28. The Balaban J connectivity index is 1.18. The average molecular weight is 554 g/mol. The average Bonchev–Trinajstić information content (AvgIpc) is 2.97. The highest BCUT2D eigenvalue weighted by atomic mass is 32.2. The summed E-state index contributed by atoms with van der Waals surface area (Å²) >= 11 is 1.64. The van der Waals surface area contributed by atoms with Crippen molar-refractivity contribution in [2.75, 3.05) is 5.32 Å². The molecule has 7 heteroatoms. The molecular weight excluding hydrogens is 522 g/mol. The number of Topliss-reactive ketones (excluding diaryl/α,β-unsaturated/α-hetero) is 1. The number of rotatable bonds is 12. The molecule has 6 nitrogen and oxygen atoms in total. The van der Waals surface area contributed by atoms with Crippen molar-refractivity contribution in [3.63, 3.8) is 0 Å². The molecular formula is C33H31NO5S. The van der Waals surface area contributed by atoms with E-state index in [0.717, 1.165) is 15.4 Å². The molecule has 1 amide bonds. The van der Waals surface area contributed by atoms with E-state index in [1.165, 1.54) is 12.5 Å². The second kappa shape index (κ2) is 14.1. The number of hydrogen-bond donors (Lipinski definition) is 1. The van der Waals surface area contributed by atoms with Gasteiger partial charge in [-0.05, 0) is 80.1 Å². The van der Waals surface area contributed by atoms with Crippen molar-refractivity contribution in [1.82, 2.24) is 0 Å². The van der Waals surface area contributed by atoms with E-state index in [0.29, 0.717) is 23.6 Å². The Bertz CT molecular complexity index is 1420. The van der Waals surface area contributed by atoms with Gasteiger partial charge in [0.25, 0.3) is 0 Å². The minimum atomic E-state index is -0.967. The van der Waals surface area contributed by atoms with Crippen LogP contribution in [0.1, 0.15) is 41.3 Å². The van der Waals surface area contributed by atoms with E-state index in [4.69, 9.17) is 9.47 Å². The third kappa shape index (κ3) is 8.85. The van der Waals surface area contributed by atoms with Crippen LogP contribution in [0.5, 0.6) is 5.75 Å². The Morgan fingerprint density at radius 3 is 2.05 bits per heavy atom. The fraction of sp³-hybridized carbons (Fsp3) is 0.182. The molecule has 4 aromatic carbocycles. The molecule has 4 aromatic rings. The summed E-state index contributed by atoms with van der Waals surface area (Å²) in [4.78, 5) is 39.5. The summed E-state index contributed by atoms with van der Waals surface area (Å²) < 4.78 is 11.0. The van der Waals surface area contributed by atoms with Gasteiger partial charge in [0, 0.05) is 27.5 Å². The largest absolute Gasteiger partial charge is 0.489 e. The van der Waals surface area contributed by atoms with Gasteiger partial charge in [0.1, 0.15) is 12.4 Å². The molecule has 0 aromatic heterocycles. The molecule has 1 unspecified atom stereocenters. The quantitative estimate of drug-likeness (QED) is 0.147. The van der Waals surface area contributed by atoms with Gasteiger partial charge in [0.05, 0.1) is 6.42 Å². The van der Waals surface area contributed by atoms with E-state index < -0.39 is 12.1 Å². The number of hydrogen-bond acceptors (Lipinski definition) is 6. The molecule has 204 valence electrons. The van der Waals surface area contributed by atoms with Crippen LogP contribution >= 0.6 is 11.8 Å². The van der Waals surface area contributed by atoms with Gasteiger partial charge in [-0.1, -0.05) is 59.8 Å². The minimum Gasteiger partial charge on any atom is -0.489 e. The van der Waals surface area contributed by atoms with Crippen LogP contribution in [0.2, 0.25) is 0 Å². The fourth-order valence-corrected chi connectivity index (χ4v) is 4.60. The van der Waals surface area contributed by atoms with Crippen LogP contribution in [-0.2, 0) is 20.9 Å². The Kier molecular flexibility index (Phi) is 10.1. The van der Waals surface area contributed by atoms with Gasteiger partial charge in [-0.2, -0.15) is 0 Å². The molecule has 4 rings (SSSR count). The van der Waals surface area contributed by atoms with E-state index >= 15 is 0 Å². The number of carbonyl (C=O) groups is 3. The second-order valence-electron chi connectivity index (χ2n) is 9.28. The zero-order chi connectivity index (χ0) is 28.3. The highest BCUT2D eigenvalue weighted by molar-refractivity contribution is 7.99. The summed E-state index contributed by atoms with van der Waals surface area (Å²) in [5.41, 5.74) is 3.31. The van der Waals surface area contributed by atoms with Gasteiger partial charge in [-0.15, -0.1) is 0 Å². The summed E-state index contributed by atoms with van der Waals surface area (Å²) in [5.74, 6) is -0.601. The maximum absolute atomic E-state index is 12.7. The molecule has 0 saturated heterocycles. The van der Waals surface area contributed by atoms with Crippen molar-refractivity contribution in [3.8, 4) is 5.75 Å². The van der Waals surface area contributed by atoms with Crippen molar-refractivity contribution < 1.29 is 23.9 Å². The molecule has 0 bridgehead atoms. The standard InChI is InChI=1S/C33H31NO5S/c1-23-8-16-29(17-9-23)40-30-18-12-27(13-19-30)34-31(35)20-21-32(36)39-24(2)33(37)26-10-14-28(15-11-26)38-22-25-6-4-3-5-7-25/h3-19,24H,20-22H2,1-2H3,(H,34,35). The first-order valence-corrected chi connectivity index (χ1v) is 13.8. The van der Waals surface area contributed by atoms with Gasteiger partial charge in [0.2, 0.25) is 11.7 Å². The third-order valence-corrected chi connectivity index (χ3v) is 7.03. The van der Waals surface area contributed by atoms with E-state index in [-0.39, 0.29) is 24.5 Å². The van der Waals surface area contributed by atoms with Crippen LogP contribution in [0.3, 0.4) is 0 Å². The maximum Gasteiger partial charge on any atom is 0.307 e. The summed E-state index contributed by atoms with van der Waals surface area (Å²) in [7, 11) is 0. The van der Waals surface area contributed by atoms with Crippen LogP contribution in [-0.4, -0.2) is 23.8 Å². The topological polar surface area (TPSA) is 81.7 Å². The van der Waals surface area contributed by atoms with E-state index in [1.54, 1.807) is 36.0 Å². The van der Waals surface area contributed by atoms with E-state index in [1.807, 2.05) is 54.6 Å². The lowest BCUT2D eigenvalue weighted by atomic mass is 10.1. The first-order valence-electron chi connectivity index (χ1n) is 13.0. The number of anilines is 1. The molecule has 0 heterocycles. The molecule has 0 aliphatic rings. The monoisotopic (exact) mass is 553 g/mol. The van der Waals surface area contributed by atoms with Crippen molar-refractivity contribution in [2.45, 2.75) is 49.2 Å². The predicted molar refractivity (Wildman–Crippen MR) is 157 cm³/mol. The van der Waals surface area contributed by atoms with E-state index in [9.17, 15) is 14.4 Å². The molecule has 0 aliphatic carbocycles. The Labute approximate surface area is 238 Å². The molecule has 0 saturated carbocycles. The summed E-state index contributed by atoms with van der Waals surface area (Å²) in [6, 6.07) is 32.3. The van der Waals surface area contributed by atoms with Gasteiger partial charge in [-0.3, -0.25) is 14.4 Å². The van der Waals surface area contributed by atoms with Gasteiger partial charge < -0.3 is 14.8 Å². The van der Waals surface area contributed by atoms with Crippen molar-refractivity contribution in [2.24, 2.45) is 0 Å². The van der Waals surface area contributed by atoms with Crippen LogP contribution < -0.4 is 10.1 Å². The highest BCUT2D eigenvalue weighted by Gasteiger charge is 2.20. The van der Waals surface area contributed by atoms with Crippen LogP contribution in [0, 0.1) is 6.92 Å². The molecule has 1 N–H and O–H groups in total. The van der Waals surface area contributed by atoms with Crippen molar-refractivity contribution >= 4 is 35.1 Å². The normalized spacial score (nSPS) is 11.3. The van der Waals surface area contributed by atoms with Crippen LogP contribution in [0.4, 0.5) is 5.69 Å². The van der Waals surface area contributed by atoms with Gasteiger partial charge in [-0.25, -0.2) is 0 Å². The minimum absolute atomic E-state index is 0.0485. The van der Waals surface area contributed by atoms with E-state index in [2.05, 4.69) is 36.5 Å². The number of amides is 1. The molecule has 1 atom stereocenters. The maximum atomic E-state index is 12.7. The molecule has 40 heavy (non-hydrogen) atoms. The van der Waals surface area contributed by atoms with Crippen molar-refractivity contribution in [3.05, 3.63) is 120 Å².